The maximum Gasteiger partial charge on any atom is 0.226 e. The summed E-state index contributed by atoms with van der Waals surface area (Å²) in [6, 6.07) is 3.62. The Labute approximate surface area is 165 Å². The highest BCUT2D eigenvalue weighted by molar-refractivity contribution is 5.81. The zero-order chi connectivity index (χ0) is 19.7. The van der Waals surface area contributed by atoms with Gasteiger partial charge in [-0.25, -0.2) is 8.78 Å². The number of nitrogens with two attached hydrogens (primary N) is 1. The van der Waals surface area contributed by atoms with Gasteiger partial charge in [0.2, 0.25) is 5.91 Å². The van der Waals surface area contributed by atoms with Gasteiger partial charge >= 0.3 is 0 Å². The minimum atomic E-state index is -0.388. The van der Waals surface area contributed by atoms with Crippen LogP contribution in [0.2, 0.25) is 0 Å². The van der Waals surface area contributed by atoms with Crippen LogP contribution in [0.4, 0.5) is 8.78 Å². The molecule has 1 aliphatic heterocycles. The van der Waals surface area contributed by atoms with Gasteiger partial charge in [-0.05, 0) is 81.0 Å². The van der Waals surface area contributed by atoms with Gasteiger partial charge in [0.15, 0.2) is 0 Å². The molecular weight excluding hydrogens is 362 g/mol. The number of nitrogens with zero attached hydrogens (tertiary/aromatic N) is 1. The van der Waals surface area contributed by atoms with Gasteiger partial charge < -0.3 is 15.4 Å². The Bertz CT molecular complexity index is 702. The van der Waals surface area contributed by atoms with E-state index >= 15 is 0 Å². The van der Waals surface area contributed by atoms with E-state index in [2.05, 4.69) is 0 Å². The number of hydrogen-bond donors (Lipinski definition) is 1. The zero-order valence-corrected chi connectivity index (χ0v) is 16.3. The number of piperidine rings is 1. The first kappa shape index (κ1) is 19.8. The summed E-state index contributed by atoms with van der Waals surface area (Å²) in [5.74, 6) is -0.228. The van der Waals surface area contributed by atoms with Crippen molar-refractivity contribution in [3.8, 4) is 0 Å². The van der Waals surface area contributed by atoms with E-state index in [4.69, 9.17) is 10.5 Å². The van der Waals surface area contributed by atoms with Gasteiger partial charge in [0.1, 0.15) is 11.6 Å². The summed E-state index contributed by atoms with van der Waals surface area (Å²) in [5.41, 5.74) is 6.80. The summed E-state index contributed by atoms with van der Waals surface area (Å²) < 4.78 is 33.7. The Kier molecular flexibility index (Phi) is 5.97. The quantitative estimate of drug-likeness (QED) is 0.831. The highest BCUT2D eigenvalue weighted by Gasteiger charge is 2.40. The lowest BCUT2D eigenvalue weighted by molar-refractivity contribution is -0.139. The van der Waals surface area contributed by atoms with E-state index in [1.807, 2.05) is 4.90 Å². The number of hydrogen-bond acceptors (Lipinski definition) is 3. The molecule has 28 heavy (non-hydrogen) atoms. The summed E-state index contributed by atoms with van der Waals surface area (Å²) in [6.45, 7) is 1.26. The van der Waals surface area contributed by atoms with Crippen molar-refractivity contribution in [1.29, 1.82) is 0 Å². The number of benzene rings is 1. The number of ether oxygens (including phenoxy) is 1. The van der Waals surface area contributed by atoms with Gasteiger partial charge in [0.05, 0.1) is 18.8 Å². The van der Waals surface area contributed by atoms with Gasteiger partial charge in [-0.3, -0.25) is 4.79 Å². The minimum Gasteiger partial charge on any atom is -0.376 e. The molecule has 1 aromatic rings. The van der Waals surface area contributed by atoms with Gasteiger partial charge in [0, 0.05) is 18.5 Å². The van der Waals surface area contributed by atoms with Crippen molar-refractivity contribution in [3.63, 3.8) is 0 Å². The van der Waals surface area contributed by atoms with Crippen LogP contribution < -0.4 is 5.73 Å². The fourth-order valence-electron chi connectivity index (χ4n) is 4.74. The number of amides is 1. The molecule has 4 nitrogen and oxygen atoms in total. The van der Waals surface area contributed by atoms with Crippen LogP contribution in [-0.2, 0) is 9.53 Å². The van der Waals surface area contributed by atoms with E-state index in [0.717, 1.165) is 64.0 Å². The van der Waals surface area contributed by atoms with Crippen LogP contribution >= 0.6 is 0 Å². The smallest absolute Gasteiger partial charge is 0.226 e. The van der Waals surface area contributed by atoms with Crippen LogP contribution in [0.3, 0.4) is 0 Å². The normalized spacial score (nSPS) is 31.0. The summed E-state index contributed by atoms with van der Waals surface area (Å²) >= 11 is 0. The van der Waals surface area contributed by atoms with Crippen molar-refractivity contribution in [2.45, 2.75) is 75.5 Å². The van der Waals surface area contributed by atoms with Gasteiger partial charge in [0.25, 0.3) is 0 Å². The highest BCUT2D eigenvalue weighted by atomic mass is 19.1. The molecule has 2 saturated carbocycles. The molecule has 3 fully saturated rings. The molecule has 154 valence electrons. The van der Waals surface area contributed by atoms with E-state index in [-0.39, 0.29) is 47.6 Å². The SMILES string of the molecule is N[C@H]1CCCN(C(=O)C2CC2)[C@H]1COC1CCC(c2cc(F)ccc2F)CC1. The fraction of sp³-hybridized carbons (Fsp3) is 0.682. The van der Waals surface area contributed by atoms with Crippen LogP contribution in [0.5, 0.6) is 0 Å². The maximum atomic E-state index is 14.0. The predicted octanol–water partition coefficient (Wildman–Crippen LogP) is 3.74. The van der Waals surface area contributed by atoms with Crippen molar-refractivity contribution in [3.05, 3.63) is 35.4 Å². The maximum absolute atomic E-state index is 14.0. The Morgan fingerprint density at radius 3 is 2.57 bits per heavy atom. The zero-order valence-electron chi connectivity index (χ0n) is 16.3. The standard InChI is InChI=1S/C22H30F2N2O2/c23-16-7-10-19(24)18(12-16)14-5-8-17(9-6-14)28-13-21-20(25)2-1-11-26(21)22(27)15-3-4-15/h7,10,12,14-15,17,20-21H,1-6,8-9,11,13,25H2/t14?,17?,20-,21-/m0/s1. The molecule has 1 saturated heterocycles. The summed E-state index contributed by atoms with van der Waals surface area (Å²) in [6.07, 6.45) is 7.18. The van der Waals surface area contributed by atoms with Crippen molar-refractivity contribution in [2.75, 3.05) is 13.2 Å². The third-order valence-corrected chi connectivity index (χ3v) is 6.62. The van der Waals surface area contributed by atoms with Crippen LogP contribution in [0.25, 0.3) is 0 Å². The van der Waals surface area contributed by atoms with E-state index in [1.54, 1.807) is 0 Å². The second kappa shape index (κ2) is 8.46. The molecule has 0 spiro atoms. The number of carbonyl (C=O) groups excluding carboxylic acids is 1. The van der Waals surface area contributed by atoms with Crippen LogP contribution in [0, 0.1) is 17.6 Å². The molecule has 1 heterocycles. The molecule has 2 N–H and O–H groups in total. The predicted molar refractivity (Wildman–Crippen MR) is 103 cm³/mol. The average molecular weight is 392 g/mol. The summed E-state index contributed by atoms with van der Waals surface area (Å²) in [7, 11) is 0. The van der Waals surface area contributed by atoms with E-state index in [1.165, 1.54) is 12.1 Å². The van der Waals surface area contributed by atoms with Crippen molar-refractivity contribution in [1.82, 2.24) is 4.90 Å². The Morgan fingerprint density at radius 1 is 1.11 bits per heavy atom. The van der Waals surface area contributed by atoms with E-state index < -0.39 is 0 Å². The molecular formula is C22H30F2N2O2. The average Bonchev–Trinajstić information content (AvgIpc) is 3.54. The van der Waals surface area contributed by atoms with Gasteiger partial charge in [-0.1, -0.05) is 0 Å². The number of carbonyl (C=O) groups is 1. The van der Waals surface area contributed by atoms with Crippen LogP contribution in [0.1, 0.15) is 62.8 Å². The minimum absolute atomic E-state index is 0.0332. The monoisotopic (exact) mass is 392 g/mol. The third-order valence-electron chi connectivity index (χ3n) is 6.62. The van der Waals surface area contributed by atoms with Gasteiger partial charge in [-0.15, -0.1) is 0 Å². The molecule has 6 heteroatoms. The van der Waals surface area contributed by atoms with Gasteiger partial charge in [-0.2, -0.15) is 0 Å². The molecule has 0 unspecified atom stereocenters. The number of rotatable bonds is 5. The number of likely N-dealkylation sites (tertiary alicyclic amines) is 1. The molecule has 4 rings (SSSR count). The summed E-state index contributed by atoms with van der Waals surface area (Å²) in [5, 5.41) is 0. The Hall–Kier alpha value is -1.53. The molecule has 0 bridgehead atoms. The number of halogens is 2. The van der Waals surface area contributed by atoms with Crippen molar-refractivity contribution in [2.24, 2.45) is 11.7 Å². The molecule has 1 amide bonds. The van der Waals surface area contributed by atoms with E-state index in [9.17, 15) is 13.6 Å². The molecule has 0 radical (unpaired) electrons. The fourth-order valence-corrected chi connectivity index (χ4v) is 4.74. The lowest BCUT2D eigenvalue weighted by Crippen LogP contribution is -2.57. The summed E-state index contributed by atoms with van der Waals surface area (Å²) in [4.78, 5) is 14.5. The molecule has 3 aliphatic rings. The van der Waals surface area contributed by atoms with Crippen molar-refractivity contribution >= 4 is 5.91 Å². The molecule has 1 aromatic carbocycles. The first-order chi connectivity index (χ1) is 13.5. The van der Waals surface area contributed by atoms with Crippen LogP contribution in [-0.4, -0.2) is 42.1 Å². The lowest BCUT2D eigenvalue weighted by atomic mass is 9.82. The van der Waals surface area contributed by atoms with Crippen LogP contribution in [0.15, 0.2) is 18.2 Å². The largest absolute Gasteiger partial charge is 0.376 e. The highest BCUT2D eigenvalue weighted by Crippen LogP contribution is 2.36. The molecule has 2 aliphatic carbocycles. The second-order valence-electron chi connectivity index (χ2n) is 8.65. The van der Waals surface area contributed by atoms with Crippen molar-refractivity contribution < 1.29 is 18.3 Å². The lowest BCUT2D eigenvalue weighted by Gasteiger charge is -2.41. The van der Waals surface area contributed by atoms with E-state index in [0.29, 0.717) is 12.2 Å². The first-order valence-electron chi connectivity index (χ1n) is 10.7. The Morgan fingerprint density at radius 2 is 1.86 bits per heavy atom. The molecule has 0 aromatic heterocycles. The topological polar surface area (TPSA) is 55.6 Å². The molecule has 2 atom stereocenters. The third kappa shape index (κ3) is 4.38. The first-order valence-corrected chi connectivity index (χ1v) is 10.7. The Balaban J connectivity index is 1.30. The second-order valence-corrected chi connectivity index (χ2v) is 8.65.